The summed E-state index contributed by atoms with van der Waals surface area (Å²) in [5, 5.41) is 9.14. The lowest BCUT2D eigenvalue weighted by atomic mass is 10.0. The monoisotopic (exact) mass is 321 g/mol. The number of thiazole rings is 1. The summed E-state index contributed by atoms with van der Waals surface area (Å²) in [6.45, 7) is 3.03. The van der Waals surface area contributed by atoms with E-state index in [4.69, 9.17) is 4.74 Å². The Balaban J connectivity index is 1.55. The fourth-order valence-corrected chi connectivity index (χ4v) is 3.78. The van der Waals surface area contributed by atoms with E-state index in [9.17, 15) is 9.59 Å². The largest absolute Gasteiger partial charge is 0.364 e. The van der Waals surface area contributed by atoms with Gasteiger partial charge in [0.1, 0.15) is 17.2 Å². The van der Waals surface area contributed by atoms with Crippen molar-refractivity contribution in [3.05, 3.63) is 43.1 Å². The molecule has 4 rings (SSSR count). The molecule has 4 heterocycles. The Morgan fingerprint density at radius 3 is 3.14 bits per heavy atom. The van der Waals surface area contributed by atoms with Gasteiger partial charge in [0, 0.05) is 24.7 Å². The minimum Gasteiger partial charge on any atom is -0.364 e. The van der Waals surface area contributed by atoms with Crippen LogP contribution in [0.3, 0.4) is 0 Å². The first-order chi connectivity index (χ1) is 10.7. The van der Waals surface area contributed by atoms with Crippen LogP contribution in [0.5, 0.6) is 0 Å². The van der Waals surface area contributed by atoms with Crippen LogP contribution in [-0.4, -0.2) is 43.3 Å². The highest BCUT2D eigenvalue weighted by Crippen LogP contribution is 2.31. The molecular weight excluding hydrogens is 306 g/mol. The van der Waals surface area contributed by atoms with E-state index >= 15 is 0 Å². The van der Waals surface area contributed by atoms with Gasteiger partial charge in [-0.2, -0.15) is 5.10 Å². The maximum absolute atomic E-state index is 12.0. The number of rotatable bonds is 2. The number of H-pyrrole nitrogens is 1. The van der Waals surface area contributed by atoms with Crippen LogP contribution < -0.4 is 11.1 Å². The highest BCUT2D eigenvalue weighted by atomic mass is 32.1. The molecule has 0 unspecified atom stereocenters. The minimum atomic E-state index is -0.682. The van der Waals surface area contributed by atoms with Gasteiger partial charge in [-0.3, -0.25) is 19.1 Å². The molecule has 22 heavy (non-hydrogen) atoms. The molecule has 1 N–H and O–H groups in total. The van der Waals surface area contributed by atoms with Crippen LogP contribution in [0.4, 0.5) is 0 Å². The van der Waals surface area contributed by atoms with E-state index < -0.39 is 16.7 Å². The predicted octanol–water partition coefficient (Wildman–Crippen LogP) is -0.437. The summed E-state index contributed by atoms with van der Waals surface area (Å²) in [4.78, 5) is 30.0. The zero-order valence-corrected chi connectivity index (χ0v) is 12.6. The molecule has 1 atom stereocenters. The van der Waals surface area contributed by atoms with Crippen molar-refractivity contribution in [2.24, 2.45) is 0 Å². The van der Waals surface area contributed by atoms with Gasteiger partial charge in [-0.1, -0.05) is 0 Å². The molecule has 2 aromatic heterocycles. The van der Waals surface area contributed by atoms with Crippen molar-refractivity contribution >= 4 is 11.3 Å². The van der Waals surface area contributed by atoms with E-state index in [1.54, 1.807) is 17.5 Å². The van der Waals surface area contributed by atoms with Gasteiger partial charge in [-0.15, -0.1) is 11.3 Å². The summed E-state index contributed by atoms with van der Waals surface area (Å²) in [6, 6.07) is 0. The lowest BCUT2D eigenvalue weighted by molar-refractivity contribution is -0.0853. The van der Waals surface area contributed by atoms with Crippen molar-refractivity contribution in [1.82, 2.24) is 24.6 Å². The number of ether oxygens (including phenoxy) is 1. The molecule has 2 aliphatic rings. The van der Waals surface area contributed by atoms with Crippen LogP contribution in [0.15, 0.2) is 21.2 Å². The lowest BCUT2D eigenvalue weighted by Crippen LogP contribution is -2.51. The van der Waals surface area contributed by atoms with Crippen LogP contribution in [0.1, 0.15) is 17.3 Å². The van der Waals surface area contributed by atoms with Crippen LogP contribution in [-0.2, 0) is 24.4 Å². The van der Waals surface area contributed by atoms with Gasteiger partial charge in [-0.25, -0.2) is 10.1 Å². The average Bonchev–Trinajstić information content (AvgIpc) is 3.15. The number of hydrogen-bond acceptors (Lipinski definition) is 7. The fraction of sp³-hybridized carbons (Fsp3) is 0.538. The van der Waals surface area contributed by atoms with E-state index in [1.807, 2.05) is 5.38 Å². The first kappa shape index (κ1) is 13.8. The van der Waals surface area contributed by atoms with Gasteiger partial charge in [0.05, 0.1) is 13.1 Å². The highest BCUT2D eigenvalue weighted by Gasteiger charge is 2.43. The van der Waals surface area contributed by atoms with E-state index in [0.717, 1.165) is 31.1 Å². The quantitative estimate of drug-likeness (QED) is 0.754. The number of nitrogens with zero attached hydrogens (tertiary/aromatic N) is 4. The van der Waals surface area contributed by atoms with Gasteiger partial charge in [0.15, 0.2) is 5.82 Å². The molecule has 0 aromatic carbocycles. The fourth-order valence-electron chi connectivity index (χ4n) is 3.12. The van der Waals surface area contributed by atoms with E-state index in [-0.39, 0.29) is 6.61 Å². The third-order valence-corrected chi connectivity index (χ3v) is 4.99. The summed E-state index contributed by atoms with van der Waals surface area (Å²) in [5.74, 6) is 0.480. The Morgan fingerprint density at radius 1 is 1.41 bits per heavy atom. The topological polar surface area (TPSA) is 93.1 Å². The maximum Gasteiger partial charge on any atom is 0.330 e. The Bertz CT molecular complexity index is 799. The molecule has 2 aromatic rings. The summed E-state index contributed by atoms with van der Waals surface area (Å²) in [6.07, 6.45) is 2.63. The molecule has 116 valence electrons. The molecule has 9 heteroatoms. The van der Waals surface area contributed by atoms with Crippen molar-refractivity contribution in [2.75, 3.05) is 13.1 Å². The molecule has 8 nitrogen and oxygen atoms in total. The Labute approximate surface area is 129 Å². The highest BCUT2D eigenvalue weighted by molar-refractivity contribution is 7.09. The molecule has 0 amide bonds. The molecule has 0 bridgehead atoms. The van der Waals surface area contributed by atoms with Crippen molar-refractivity contribution in [2.45, 2.75) is 31.7 Å². The first-order valence-corrected chi connectivity index (χ1v) is 7.96. The van der Waals surface area contributed by atoms with Gasteiger partial charge in [0.2, 0.25) is 0 Å². The minimum absolute atomic E-state index is 0.247. The molecule has 0 aliphatic carbocycles. The third-order valence-electron chi connectivity index (χ3n) is 4.23. The van der Waals surface area contributed by atoms with Crippen LogP contribution in [0.2, 0.25) is 0 Å². The standard InChI is InChI=1S/C13H15N5O3S/c19-11-12(20)18-8-13(21-6-9(18)15-16-11)1-3-17(7-13)5-10-14-2-4-22-10/h2,4H,1,3,5-8H2,(H,16,19)/t13-/m1/s1. The molecule has 1 spiro atoms. The zero-order valence-electron chi connectivity index (χ0n) is 11.8. The number of aromatic amines is 1. The van der Waals surface area contributed by atoms with Crippen LogP contribution in [0.25, 0.3) is 0 Å². The Morgan fingerprint density at radius 2 is 2.32 bits per heavy atom. The summed E-state index contributed by atoms with van der Waals surface area (Å²) < 4.78 is 7.45. The second kappa shape index (κ2) is 5.11. The molecule has 1 saturated heterocycles. The van der Waals surface area contributed by atoms with Crippen LogP contribution in [0, 0.1) is 0 Å². The second-order valence-corrected chi connectivity index (χ2v) is 6.70. The zero-order chi connectivity index (χ0) is 15.2. The molecule has 2 aliphatic heterocycles. The number of fused-ring (bicyclic) bond motifs is 1. The average molecular weight is 321 g/mol. The molecular formula is C13H15N5O3S. The summed E-state index contributed by atoms with van der Waals surface area (Å²) in [7, 11) is 0. The first-order valence-electron chi connectivity index (χ1n) is 7.08. The van der Waals surface area contributed by atoms with Gasteiger partial charge in [-0.05, 0) is 6.42 Å². The molecule has 1 fully saturated rings. The van der Waals surface area contributed by atoms with Gasteiger partial charge in [0.25, 0.3) is 0 Å². The van der Waals surface area contributed by atoms with Crippen LogP contribution >= 0.6 is 11.3 Å². The second-order valence-electron chi connectivity index (χ2n) is 5.72. The normalized spacial score (nSPS) is 24.7. The molecule has 0 saturated carbocycles. The van der Waals surface area contributed by atoms with E-state index in [0.29, 0.717) is 12.4 Å². The van der Waals surface area contributed by atoms with E-state index in [2.05, 4.69) is 20.1 Å². The third kappa shape index (κ3) is 2.31. The van der Waals surface area contributed by atoms with Crippen molar-refractivity contribution in [3.8, 4) is 0 Å². The maximum atomic E-state index is 12.0. The number of hydrogen-bond donors (Lipinski definition) is 1. The van der Waals surface area contributed by atoms with Gasteiger partial charge >= 0.3 is 11.1 Å². The molecule has 0 radical (unpaired) electrons. The summed E-state index contributed by atoms with van der Waals surface area (Å²) >= 11 is 1.63. The summed E-state index contributed by atoms with van der Waals surface area (Å²) in [5.41, 5.74) is -1.65. The van der Waals surface area contributed by atoms with Gasteiger partial charge < -0.3 is 4.74 Å². The van der Waals surface area contributed by atoms with Crippen molar-refractivity contribution < 1.29 is 4.74 Å². The lowest BCUT2D eigenvalue weighted by Gasteiger charge is -2.34. The number of nitrogens with one attached hydrogen (secondary N) is 1. The SMILES string of the molecule is O=c1[nH]nc2n(c1=O)C[C@]1(CCN(Cc3nccs3)C1)OC2. The van der Waals surface area contributed by atoms with Crippen molar-refractivity contribution in [3.63, 3.8) is 0 Å². The Kier molecular flexibility index (Phi) is 3.21. The number of aromatic nitrogens is 4. The Hall–Kier alpha value is -1.84. The van der Waals surface area contributed by atoms with Crippen molar-refractivity contribution in [1.29, 1.82) is 0 Å². The predicted molar refractivity (Wildman–Crippen MR) is 78.6 cm³/mol. The van der Waals surface area contributed by atoms with E-state index in [1.165, 1.54) is 4.57 Å². The smallest absolute Gasteiger partial charge is 0.330 e. The number of likely N-dealkylation sites (tertiary alicyclic amines) is 1.